The molecule has 1 amide bonds. The topological polar surface area (TPSA) is 119 Å². The Hall–Kier alpha value is -2.13. The van der Waals surface area contributed by atoms with Crippen LogP contribution in [0.4, 0.5) is 0 Å². The van der Waals surface area contributed by atoms with Gasteiger partial charge in [0.05, 0.1) is 18.9 Å². The predicted octanol–water partition coefficient (Wildman–Crippen LogP) is 2.82. The zero-order chi connectivity index (χ0) is 21.9. The maximum Gasteiger partial charge on any atom is 0.261 e. The third-order valence-corrected chi connectivity index (χ3v) is 3.97. The lowest BCUT2D eigenvalue weighted by atomic mass is 10.1. The molecule has 7 nitrogen and oxygen atoms in total. The molecule has 2 rings (SSSR count). The summed E-state index contributed by atoms with van der Waals surface area (Å²) in [7, 11) is -3.67. The molecule has 0 aliphatic carbocycles. The zero-order valence-electron chi connectivity index (χ0n) is 16.5. The number of ether oxygens (including phenoxy) is 1. The Labute approximate surface area is 177 Å². The predicted molar refractivity (Wildman–Crippen MR) is 115 cm³/mol. The fraction of sp³-hybridized carbons (Fsp3) is 0.350. The molecule has 0 heterocycles. The Bertz CT molecular complexity index is 865. The second-order valence-corrected chi connectivity index (χ2v) is 8.37. The molecule has 0 fully saturated rings. The fourth-order valence-electron chi connectivity index (χ4n) is 2.23. The molecule has 1 unspecified atom stereocenters. The van der Waals surface area contributed by atoms with E-state index in [1.807, 2.05) is 42.5 Å². The van der Waals surface area contributed by atoms with Crippen LogP contribution in [-0.2, 0) is 27.9 Å². The van der Waals surface area contributed by atoms with Gasteiger partial charge in [0.25, 0.3) is 10.1 Å². The number of carbonyl (C=O) groups is 1. The zero-order valence-corrected chi connectivity index (χ0v) is 18.0. The number of amides is 1. The van der Waals surface area contributed by atoms with Crippen molar-refractivity contribution in [1.82, 2.24) is 5.32 Å². The number of aryl methyl sites for hydroxylation is 1. The summed E-state index contributed by atoms with van der Waals surface area (Å²) in [5, 5.41) is 3.83. The molecule has 0 saturated carbocycles. The molecule has 2 aromatic rings. The van der Waals surface area contributed by atoms with E-state index >= 15 is 0 Å². The summed E-state index contributed by atoms with van der Waals surface area (Å²) in [6.07, 6.45) is 2.58. The quantitative estimate of drug-likeness (QED) is 0.406. The number of carbonyl (C=O) groups excluding carboxylic acids is 1. The summed E-state index contributed by atoms with van der Waals surface area (Å²) in [5.74, 6) is 0.488. The Morgan fingerprint density at radius 2 is 1.83 bits per heavy atom. The molecule has 9 heteroatoms. The molecule has 4 N–H and O–H groups in total. The van der Waals surface area contributed by atoms with Crippen LogP contribution in [0.1, 0.15) is 24.5 Å². The Kier molecular flexibility index (Phi) is 10.7. The summed E-state index contributed by atoms with van der Waals surface area (Å²) in [6, 6.07) is 15.4. The Balaban J connectivity index is 0.000000749. The lowest BCUT2D eigenvalue weighted by molar-refractivity contribution is -0.119. The molecule has 0 aliphatic rings. The van der Waals surface area contributed by atoms with E-state index in [4.69, 9.17) is 26.6 Å². The highest BCUT2D eigenvalue weighted by molar-refractivity contribution is 7.85. The molecule has 0 spiro atoms. The van der Waals surface area contributed by atoms with E-state index < -0.39 is 10.1 Å². The van der Waals surface area contributed by atoms with Gasteiger partial charge in [-0.3, -0.25) is 9.35 Å². The fourth-order valence-corrected chi connectivity index (χ4v) is 2.45. The van der Waals surface area contributed by atoms with Crippen molar-refractivity contribution in [3.8, 4) is 5.75 Å². The van der Waals surface area contributed by atoms with Crippen LogP contribution in [0, 0.1) is 0 Å². The van der Waals surface area contributed by atoms with Crippen molar-refractivity contribution in [2.75, 3.05) is 12.9 Å². The molecule has 0 radical (unpaired) electrons. The van der Waals surface area contributed by atoms with Crippen molar-refractivity contribution < 1.29 is 22.5 Å². The molecule has 0 aromatic heterocycles. The van der Waals surface area contributed by atoms with Crippen LogP contribution >= 0.6 is 11.6 Å². The molecule has 29 heavy (non-hydrogen) atoms. The van der Waals surface area contributed by atoms with Crippen molar-refractivity contribution in [2.45, 2.75) is 32.4 Å². The van der Waals surface area contributed by atoms with E-state index in [-0.39, 0.29) is 11.9 Å². The second-order valence-electron chi connectivity index (χ2n) is 6.46. The van der Waals surface area contributed by atoms with Crippen LogP contribution in [0.5, 0.6) is 5.75 Å². The molecule has 0 saturated heterocycles. The lowest BCUT2D eigenvalue weighted by Gasteiger charge is -2.11. The van der Waals surface area contributed by atoms with Gasteiger partial charge in [-0.2, -0.15) is 8.42 Å². The molecule has 160 valence electrons. The normalized spacial score (nSPS) is 11.9. The first-order valence-corrected chi connectivity index (χ1v) is 11.2. The van der Waals surface area contributed by atoms with Crippen molar-refractivity contribution in [1.29, 1.82) is 0 Å². The van der Waals surface area contributed by atoms with Gasteiger partial charge in [0.1, 0.15) is 5.75 Å². The van der Waals surface area contributed by atoms with Crippen LogP contribution in [0.3, 0.4) is 0 Å². The SMILES string of the molecule is CC(NCc1ccc(OCCCc2cccc(Cl)c2)cc1)C(N)=O.CS(=O)(=O)O. The van der Waals surface area contributed by atoms with E-state index in [9.17, 15) is 13.2 Å². The monoisotopic (exact) mass is 442 g/mol. The molecule has 2 aromatic carbocycles. The number of rotatable bonds is 9. The van der Waals surface area contributed by atoms with Gasteiger partial charge in [-0.05, 0) is 55.2 Å². The van der Waals surface area contributed by atoms with E-state index in [1.165, 1.54) is 5.56 Å². The van der Waals surface area contributed by atoms with Gasteiger partial charge in [-0.25, -0.2) is 0 Å². The Morgan fingerprint density at radius 1 is 1.21 bits per heavy atom. The van der Waals surface area contributed by atoms with Crippen LogP contribution in [0.25, 0.3) is 0 Å². The van der Waals surface area contributed by atoms with Gasteiger partial charge < -0.3 is 15.8 Å². The maximum atomic E-state index is 11.0. The first kappa shape index (κ1) is 24.9. The third kappa shape index (κ3) is 12.8. The highest BCUT2D eigenvalue weighted by atomic mass is 35.5. The molecular weight excluding hydrogens is 416 g/mol. The number of hydrogen-bond acceptors (Lipinski definition) is 5. The molecular formula is C20H27ClN2O5S. The van der Waals surface area contributed by atoms with E-state index in [1.54, 1.807) is 6.92 Å². The number of halogens is 1. The van der Waals surface area contributed by atoms with Crippen LogP contribution in [-0.4, -0.2) is 37.8 Å². The average Bonchev–Trinajstić information content (AvgIpc) is 2.63. The van der Waals surface area contributed by atoms with Crippen LogP contribution in [0.2, 0.25) is 5.02 Å². The second kappa shape index (κ2) is 12.4. The van der Waals surface area contributed by atoms with E-state index in [2.05, 4.69) is 11.4 Å². The highest BCUT2D eigenvalue weighted by Crippen LogP contribution is 2.14. The van der Waals surface area contributed by atoms with Gasteiger partial charge >= 0.3 is 0 Å². The summed E-state index contributed by atoms with van der Waals surface area (Å²) < 4.78 is 31.6. The van der Waals surface area contributed by atoms with Gasteiger partial charge in [-0.1, -0.05) is 35.9 Å². The number of nitrogens with two attached hydrogens (primary N) is 1. The largest absolute Gasteiger partial charge is 0.494 e. The van der Waals surface area contributed by atoms with Gasteiger partial charge in [0, 0.05) is 11.6 Å². The minimum Gasteiger partial charge on any atom is -0.494 e. The summed E-state index contributed by atoms with van der Waals surface area (Å²) in [5.41, 5.74) is 7.51. The molecule has 0 aliphatic heterocycles. The number of benzene rings is 2. The summed E-state index contributed by atoms with van der Waals surface area (Å²) >= 11 is 5.97. The van der Waals surface area contributed by atoms with Crippen molar-refractivity contribution in [3.05, 3.63) is 64.7 Å². The lowest BCUT2D eigenvalue weighted by Crippen LogP contribution is -2.38. The van der Waals surface area contributed by atoms with Gasteiger partial charge in [0.2, 0.25) is 5.91 Å². The van der Waals surface area contributed by atoms with Crippen LogP contribution < -0.4 is 15.8 Å². The standard InChI is InChI=1S/C19H23ClN2O2.CH4O3S/c1-14(19(21)23)22-13-16-7-9-18(10-8-16)24-11-3-5-15-4-2-6-17(20)12-15;1-5(2,3)4/h2,4,6-10,12,14,22H,3,5,11,13H2,1H3,(H2,21,23);1H3,(H,2,3,4). The van der Waals surface area contributed by atoms with E-state index in [0.717, 1.165) is 29.2 Å². The number of primary amides is 1. The maximum absolute atomic E-state index is 11.0. The van der Waals surface area contributed by atoms with Crippen molar-refractivity contribution in [2.24, 2.45) is 5.73 Å². The number of hydrogen-bond donors (Lipinski definition) is 3. The Morgan fingerprint density at radius 3 is 2.38 bits per heavy atom. The first-order valence-electron chi connectivity index (χ1n) is 8.96. The first-order chi connectivity index (χ1) is 13.5. The van der Waals surface area contributed by atoms with Crippen molar-refractivity contribution in [3.63, 3.8) is 0 Å². The van der Waals surface area contributed by atoms with Crippen molar-refractivity contribution >= 4 is 27.6 Å². The molecule has 1 atom stereocenters. The van der Waals surface area contributed by atoms with Gasteiger partial charge in [0.15, 0.2) is 0 Å². The minimum atomic E-state index is -3.67. The third-order valence-electron chi connectivity index (χ3n) is 3.73. The molecule has 0 bridgehead atoms. The summed E-state index contributed by atoms with van der Waals surface area (Å²) in [4.78, 5) is 11.0. The smallest absolute Gasteiger partial charge is 0.261 e. The van der Waals surface area contributed by atoms with Gasteiger partial charge in [-0.15, -0.1) is 0 Å². The van der Waals surface area contributed by atoms with Crippen LogP contribution in [0.15, 0.2) is 48.5 Å². The summed E-state index contributed by atoms with van der Waals surface area (Å²) in [6.45, 7) is 3.00. The minimum absolute atomic E-state index is 0.340. The number of nitrogens with one attached hydrogen (secondary N) is 1. The average molecular weight is 443 g/mol. The highest BCUT2D eigenvalue weighted by Gasteiger charge is 2.07. The van der Waals surface area contributed by atoms with E-state index in [0.29, 0.717) is 19.4 Å².